The second-order valence-corrected chi connectivity index (χ2v) is 7.03. The van der Waals surface area contributed by atoms with Gasteiger partial charge in [-0.15, -0.1) is 0 Å². The first-order valence-corrected chi connectivity index (χ1v) is 9.18. The van der Waals surface area contributed by atoms with Crippen LogP contribution in [0.4, 0.5) is 0 Å². The number of carbonyl (C=O) groups excluding carboxylic acids is 1. The highest BCUT2D eigenvalue weighted by atomic mass is 79.9. The number of hydrogen-bond donors (Lipinski definition) is 1. The summed E-state index contributed by atoms with van der Waals surface area (Å²) >= 11 is 9.49. The number of furan rings is 1. The molecule has 1 aromatic heterocycles. The zero-order chi connectivity index (χ0) is 19.4. The fourth-order valence-electron chi connectivity index (χ4n) is 2.40. The first-order valence-electron chi connectivity index (χ1n) is 8.01. The molecule has 1 amide bonds. The Kier molecular flexibility index (Phi) is 5.98. The van der Waals surface area contributed by atoms with Gasteiger partial charge in [-0.2, -0.15) is 5.10 Å². The van der Waals surface area contributed by atoms with Crippen molar-refractivity contribution in [2.24, 2.45) is 5.10 Å². The summed E-state index contributed by atoms with van der Waals surface area (Å²) in [5.74, 6) is 1.24. The van der Waals surface area contributed by atoms with E-state index in [9.17, 15) is 4.79 Å². The van der Waals surface area contributed by atoms with Gasteiger partial charge in [0.15, 0.2) is 0 Å². The standard InChI is InChI=1S/C20H16BrClN2O3/c1-12-3-4-13(9-17(12)22)18-8-6-15(27-18)11-23-24-20(25)16-10-14(21)5-7-19(16)26-2/h3-11H,1-2H3,(H,24,25)/b23-11-. The third-order valence-electron chi connectivity index (χ3n) is 3.85. The van der Waals surface area contributed by atoms with Crippen LogP contribution >= 0.6 is 27.5 Å². The Morgan fingerprint density at radius 2 is 2.04 bits per heavy atom. The maximum Gasteiger partial charge on any atom is 0.275 e. The lowest BCUT2D eigenvalue weighted by atomic mass is 10.1. The van der Waals surface area contributed by atoms with Crippen LogP contribution in [0.1, 0.15) is 21.7 Å². The molecular weight excluding hydrogens is 432 g/mol. The molecule has 0 aliphatic heterocycles. The van der Waals surface area contributed by atoms with Gasteiger partial charge in [-0.25, -0.2) is 5.43 Å². The highest BCUT2D eigenvalue weighted by molar-refractivity contribution is 9.10. The minimum absolute atomic E-state index is 0.374. The van der Waals surface area contributed by atoms with Gasteiger partial charge in [-0.05, 0) is 48.9 Å². The van der Waals surface area contributed by atoms with Crippen molar-refractivity contribution in [2.75, 3.05) is 7.11 Å². The largest absolute Gasteiger partial charge is 0.496 e. The molecule has 1 heterocycles. The van der Waals surface area contributed by atoms with Gasteiger partial charge in [0.1, 0.15) is 17.3 Å². The summed E-state index contributed by atoms with van der Waals surface area (Å²) in [5.41, 5.74) is 4.71. The molecule has 3 rings (SSSR count). The summed E-state index contributed by atoms with van der Waals surface area (Å²) in [6.45, 7) is 1.94. The van der Waals surface area contributed by atoms with Crippen LogP contribution in [0.3, 0.4) is 0 Å². The number of hydrogen-bond acceptors (Lipinski definition) is 4. The number of nitrogens with zero attached hydrogens (tertiary/aromatic N) is 1. The van der Waals surface area contributed by atoms with Gasteiger partial charge < -0.3 is 9.15 Å². The van der Waals surface area contributed by atoms with E-state index in [0.717, 1.165) is 15.6 Å². The van der Waals surface area contributed by atoms with E-state index in [1.165, 1.54) is 13.3 Å². The molecule has 5 nitrogen and oxygen atoms in total. The number of rotatable bonds is 5. The molecule has 0 aliphatic rings. The smallest absolute Gasteiger partial charge is 0.275 e. The molecule has 0 atom stereocenters. The Morgan fingerprint density at radius 3 is 2.78 bits per heavy atom. The van der Waals surface area contributed by atoms with Gasteiger partial charge in [-0.3, -0.25) is 4.79 Å². The molecule has 0 unspecified atom stereocenters. The Labute approximate surface area is 170 Å². The van der Waals surface area contributed by atoms with Crippen molar-refractivity contribution >= 4 is 39.7 Å². The second kappa shape index (κ2) is 8.41. The molecule has 0 fully saturated rings. The Balaban J connectivity index is 1.70. The maximum atomic E-state index is 12.3. The van der Waals surface area contributed by atoms with Crippen molar-refractivity contribution in [3.8, 4) is 17.1 Å². The van der Waals surface area contributed by atoms with E-state index in [2.05, 4.69) is 26.5 Å². The summed E-state index contributed by atoms with van der Waals surface area (Å²) in [7, 11) is 1.50. The average Bonchev–Trinajstić information content (AvgIpc) is 3.12. The molecule has 2 aromatic carbocycles. The number of benzene rings is 2. The fourth-order valence-corrected chi connectivity index (χ4v) is 2.94. The number of hydrazone groups is 1. The van der Waals surface area contributed by atoms with Crippen LogP contribution < -0.4 is 10.2 Å². The number of halogens is 2. The van der Waals surface area contributed by atoms with Gasteiger partial charge in [0, 0.05) is 15.1 Å². The molecule has 0 saturated heterocycles. The lowest BCUT2D eigenvalue weighted by Gasteiger charge is -2.07. The molecule has 3 aromatic rings. The van der Waals surface area contributed by atoms with E-state index >= 15 is 0 Å². The summed E-state index contributed by atoms with van der Waals surface area (Å²) in [4.78, 5) is 12.3. The Hall–Kier alpha value is -2.57. The SMILES string of the molecule is COc1ccc(Br)cc1C(=O)N/N=C\c1ccc(-c2ccc(C)c(Cl)c2)o1. The van der Waals surface area contributed by atoms with E-state index in [4.69, 9.17) is 20.8 Å². The van der Waals surface area contributed by atoms with E-state index in [-0.39, 0.29) is 5.91 Å². The molecule has 0 radical (unpaired) electrons. The topological polar surface area (TPSA) is 63.8 Å². The first-order chi connectivity index (χ1) is 13.0. The molecule has 7 heteroatoms. The van der Waals surface area contributed by atoms with Crippen LogP contribution in [0, 0.1) is 6.92 Å². The van der Waals surface area contributed by atoms with Crippen molar-refractivity contribution in [2.45, 2.75) is 6.92 Å². The van der Waals surface area contributed by atoms with Crippen LogP contribution in [0.25, 0.3) is 11.3 Å². The Bertz CT molecular complexity index is 1010. The van der Waals surface area contributed by atoms with Crippen molar-refractivity contribution in [3.05, 3.63) is 74.9 Å². The number of aryl methyl sites for hydroxylation is 1. The van der Waals surface area contributed by atoms with Crippen molar-refractivity contribution in [1.29, 1.82) is 0 Å². The summed E-state index contributed by atoms with van der Waals surface area (Å²) in [6.07, 6.45) is 1.43. The number of carbonyl (C=O) groups is 1. The summed E-state index contributed by atoms with van der Waals surface area (Å²) in [5, 5.41) is 4.62. The zero-order valence-electron chi connectivity index (χ0n) is 14.6. The molecule has 1 N–H and O–H groups in total. The molecule has 0 aliphatic carbocycles. The van der Waals surface area contributed by atoms with Crippen molar-refractivity contribution in [3.63, 3.8) is 0 Å². The maximum absolute atomic E-state index is 12.3. The van der Waals surface area contributed by atoms with Crippen LogP contribution in [0.15, 0.2) is 62.5 Å². The van der Waals surface area contributed by atoms with Gasteiger partial charge >= 0.3 is 0 Å². The highest BCUT2D eigenvalue weighted by Gasteiger charge is 2.12. The van der Waals surface area contributed by atoms with E-state index < -0.39 is 0 Å². The van der Waals surface area contributed by atoms with E-state index in [1.54, 1.807) is 24.3 Å². The predicted molar refractivity (Wildman–Crippen MR) is 110 cm³/mol. The number of methoxy groups -OCH3 is 1. The molecule has 0 bridgehead atoms. The monoisotopic (exact) mass is 446 g/mol. The van der Waals surface area contributed by atoms with Gasteiger partial charge in [0.05, 0.1) is 18.9 Å². The van der Waals surface area contributed by atoms with E-state index in [1.807, 2.05) is 31.2 Å². The summed E-state index contributed by atoms with van der Waals surface area (Å²) in [6, 6.07) is 14.4. The fraction of sp³-hybridized carbons (Fsp3) is 0.100. The Morgan fingerprint density at radius 1 is 1.22 bits per heavy atom. The summed E-state index contributed by atoms with van der Waals surface area (Å²) < 4.78 is 11.7. The molecule has 0 saturated carbocycles. The third kappa shape index (κ3) is 4.59. The van der Waals surface area contributed by atoms with Gasteiger partial charge in [0.2, 0.25) is 0 Å². The van der Waals surface area contributed by atoms with Gasteiger partial charge in [-0.1, -0.05) is 39.7 Å². The second-order valence-electron chi connectivity index (χ2n) is 5.71. The van der Waals surface area contributed by atoms with Crippen molar-refractivity contribution < 1.29 is 13.9 Å². The van der Waals surface area contributed by atoms with Crippen LogP contribution in [-0.2, 0) is 0 Å². The third-order valence-corrected chi connectivity index (χ3v) is 4.75. The van der Waals surface area contributed by atoms with Crippen LogP contribution in [-0.4, -0.2) is 19.2 Å². The predicted octanol–water partition coefficient (Wildman–Crippen LogP) is 5.44. The highest BCUT2D eigenvalue weighted by Crippen LogP contribution is 2.26. The minimum atomic E-state index is -0.388. The zero-order valence-corrected chi connectivity index (χ0v) is 17.0. The molecule has 27 heavy (non-hydrogen) atoms. The van der Waals surface area contributed by atoms with Gasteiger partial charge in [0.25, 0.3) is 5.91 Å². The van der Waals surface area contributed by atoms with Crippen molar-refractivity contribution in [1.82, 2.24) is 5.43 Å². The lowest BCUT2D eigenvalue weighted by molar-refractivity contribution is 0.0952. The van der Waals surface area contributed by atoms with E-state index in [0.29, 0.717) is 27.9 Å². The number of ether oxygens (including phenoxy) is 1. The molecule has 138 valence electrons. The normalized spacial score (nSPS) is 11.0. The quantitative estimate of drug-likeness (QED) is 0.418. The number of nitrogens with one attached hydrogen (secondary N) is 1. The number of amides is 1. The average molecular weight is 448 g/mol. The first kappa shape index (κ1) is 19.2. The molecular formula is C20H16BrClN2O3. The lowest BCUT2D eigenvalue weighted by Crippen LogP contribution is -2.18. The minimum Gasteiger partial charge on any atom is -0.496 e. The van der Waals surface area contributed by atoms with Crippen LogP contribution in [0.2, 0.25) is 5.02 Å². The van der Waals surface area contributed by atoms with Crippen LogP contribution in [0.5, 0.6) is 5.75 Å². The molecule has 0 spiro atoms.